The molecule has 0 aliphatic heterocycles. The Morgan fingerprint density at radius 2 is 2.50 bits per heavy atom. The molecule has 3 N–H and O–H groups in total. The number of aliphatic hydroxyl groups excluding tert-OH is 1. The Morgan fingerprint density at radius 1 is 1.67 bits per heavy atom. The molecule has 0 spiro atoms. The van der Waals surface area contributed by atoms with Crippen molar-refractivity contribution < 1.29 is 9.90 Å². The number of carbonyl (C=O) groups is 1. The maximum atomic E-state index is 11.5. The quantitative estimate of drug-likeness (QED) is 0.761. The molecule has 7 nitrogen and oxygen atoms in total. The van der Waals surface area contributed by atoms with Gasteiger partial charge in [0.05, 0.1) is 6.10 Å². The molecule has 2 heterocycles. The van der Waals surface area contributed by atoms with E-state index in [1.807, 2.05) is 16.8 Å². The van der Waals surface area contributed by atoms with Crippen molar-refractivity contribution >= 4 is 23.3 Å². The molecular weight excluding hydrogens is 254 g/mol. The SMILES string of the molecule is Cn1ncnc1NC(=O)NCC(O)c1ccsc1. The van der Waals surface area contributed by atoms with Crippen LogP contribution in [-0.4, -0.2) is 32.4 Å². The minimum Gasteiger partial charge on any atom is -0.387 e. The molecular formula is C10H13N5O2S. The number of carbonyl (C=O) groups excluding carboxylic acids is 1. The Bertz CT molecular complexity index is 510. The zero-order chi connectivity index (χ0) is 13.0. The summed E-state index contributed by atoms with van der Waals surface area (Å²) < 4.78 is 1.44. The van der Waals surface area contributed by atoms with Crippen LogP contribution in [0.4, 0.5) is 10.7 Å². The van der Waals surface area contributed by atoms with Crippen LogP contribution in [0.2, 0.25) is 0 Å². The molecule has 0 saturated carbocycles. The molecule has 0 bridgehead atoms. The van der Waals surface area contributed by atoms with Crippen molar-refractivity contribution in [1.82, 2.24) is 20.1 Å². The predicted octanol–water partition coefficient (Wildman–Crippen LogP) is 0.732. The van der Waals surface area contributed by atoms with Gasteiger partial charge < -0.3 is 10.4 Å². The first-order valence-electron chi connectivity index (χ1n) is 5.26. The minimum atomic E-state index is -0.707. The summed E-state index contributed by atoms with van der Waals surface area (Å²) in [7, 11) is 1.67. The highest BCUT2D eigenvalue weighted by atomic mass is 32.1. The zero-order valence-electron chi connectivity index (χ0n) is 9.70. The second-order valence-electron chi connectivity index (χ2n) is 3.61. The van der Waals surface area contributed by atoms with Crippen molar-refractivity contribution in [1.29, 1.82) is 0 Å². The van der Waals surface area contributed by atoms with Crippen LogP contribution in [0, 0.1) is 0 Å². The molecule has 0 aliphatic rings. The number of thiophene rings is 1. The lowest BCUT2D eigenvalue weighted by molar-refractivity contribution is 0.175. The van der Waals surface area contributed by atoms with E-state index < -0.39 is 12.1 Å². The molecule has 1 unspecified atom stereocenters. The molecule has 18 heavy (non-hydrogen) atoms. The molecule has 2 aromatic rings. The number of aliphatic hydroxyl groups is 1. The Kier molecular flexibility index (Phi) is 3.90. The number of aryl methyl sites for hydroxylation is 1. The summed E-state index contributed by atoms with van der Waals surface area (Å²) in [6.07, 6.45) is 0.636. The number of nitrogens with one attached hydrogen (secondary N) is 2. The molecule has 1 atom stereocenters. The lowest BCUT2D eigenvalue weighted by Crippen LogP contribution is -2.33. The van der Waals surface area contributed by atoms with Crippen LogP contribution in [0.25, 0.3) is 0 Å². The lowest BCUT2D eigenvalue weighted by atomic mass is 10.2. The topological polar surface area (TPSA) is 92.1 Å². The second kappa shape index (κ2) is 5.61. The van der Waals surface area contributed by atoms with E-state index in [9.17, 15) is 9.90 Å². The van der Waals surface area contributed by atoms with E-state index in [0.29, 0.717) is 5.95 Å². The molecule has 0 aliphatic carbocycles. The average Bonchev–Trinajstić information content (AvgIpc) is 2.99. The van der Waals surface area contributed by atoms with Crippen molar-refractivity contribution in [2.75, 3.05) is 11.9 Å². The van der Waals surface area contributed by atoms with Gasteiger partial charge in [-0.05, 0) is 22.4 Å². The molecule has 2 amide bonds. The van der Waals surface area contributed by atoms with Crippen LogP contribution in [0.3, 0.4) is 0 Å². The standard InChI is InChI=1S/C10H13N5O2S/c1-15-9(12-6-13-15)14-10(17)11-4-8(16)7-2-3-18-5-7/h2-3,5-6,8,16H,4H2,1H3,(H2,11,12,13,14,17). The van der Waals surface area contributed by atoms with Crippen LogP contribution in [0.1, 0.15) is 11.7 Å². The van der Waals surface area contributed by atoms with Gasteiger partial charge in [0, 0.05) is 13.6 Å². The summed E-state index contributed by atoms with van der Waals surface area (Å²) in [5.41, 5.74) is 0.791. The van der Waals surface area contributed by atoms with Gasteiger partial charge in [-0.25, -0.2) is 9.48 Å². The van der Waals surface area contributed by atoms with Crippen LogP contribution >= 0.6 is 11.3 Å². The second-order valence-corrected chi connectivity index (χ2v) is 4.39. The van der Waals surface area contributed by atoms with Gasteiger partial charge >= 0.3 is 6.03 Å². The molecule has 0 saturated heterocycles. The van der Waals surface area contributed by atoms with Crippen LogP contribution < -0.4 is 10.6 Å². The summed E-state index contributed by atoms with van der Waals surface area (Å²) in [6.45, 7) is 0.139. The fraction of sp³-hybridized carbons (Fsp3) is 0.300. The number of aromatic nitrogens is 3. The number of nitrogens with zero attached hydrogens (tertiary/aromatic N) is 3. The highest BCUT2D eigenvalue weighted by molar-refractivity contribution is 7.07. The van der Waals surface area contributed by atoms with Gasteiger partial charge in [0.1, 0.15) is 6.33 Å². The number of hydrogen-bond donors (Lipinski definition) is 3. The van der Waals surface area contributed by atoms with E-state index >= 15 is 0 Å². The molecule has 8 heteroatoms. The largest absolute Gasteiger partial charge is 0.387 e. The predicted molar refractivity (Wildman–Crippen MR) is 67.3 cm³/mol. The molecule has 0 fully saturated rings. The maximum absolute atomic E-state index is 11.5. The first kappa shape index (κ1) is 12.5. The Balaban J connectivity index is 1.80. The molecule has 0 aromatic carbocycles. The minimum absolute atomic E-state index is 0.139. The summed E-state index contributed by atoms with van der Waals surface area (Å²) in [4.78, 5) is 15.4. The average molecular weight is 267 g/mol. The van der Waals surface area contributed by atoms with Crippen LogP contribution in [0.15, 0.2) is 23.2 Å². The van der Waals surface area contributed by atoms with Gasteiger partial charge in [0.25, 0.3) is 0 Å². The number of rotatable bonds is 4. The van der Waals surface area contributed by atoms with E-state index in [1.54, 1.807) is 7.05 Å². The van der Waals surface area contributed by atoms with E-state index in [0.717, 1.165) is 5.56 Å². The first-order valence-corrected chi connectivity index (χ1v) is 6.20. The smallest absolute Gasteiger partial charge is 0.321 e. The van der Waals surface area contributed by atoms with Crippen molar-refractivity contribution in [3.63, 3.8) is 0 Å². The van der Waals surface area contributed by atoms with Crippen molar-refractivity contribution in [3.8, 4) is 0 Å². The fourth-order valence-electron chi connectivity index (χ4n) is 1.33. The number of amides is 2. The summed E-state index contributed by atoms with van der Waals surface area (Å²) in [5.74, 6) is 0.345. The van der Waals surface area contributed by atoms with E-state index in [2.05, 4.69) is 20.7 Å². The van der Waals surface area contributed by atoms with Gasteiger partial charge in [-0.1, -0.05) is 0 Å². The first-order chi connectivity index (χ1) is 8.66. The highest BCUT2D eigenvalue weighted by Gasteiger charge is 2.11. The van der Waals surface area contributed by atoms with E-state index in [4.69, 9.17) is 0 Å². The molecule has 2 rings (SSSR count). The molecule has 2 aromatic heterocycles. The number of anilines is 1. The van der Waals surface area contributed by atoms with Crippen LogP contribution in [0.5, 0.6) is 0 Å². The molecule has 0 radical (unpaired) electrons. The Hall–Kier alpha value is -1.93. The third kappa shape index (κ3) is 3.05. The zero-order valence-corrected chi connectivity index (χ0v) is 10.5. The normalized spacial score (nSPS) is 12.1. The van der Waals surface area contributed by atoms with Crippen molar-refractivity contribution in [2.45, 2.75) is 6.10 Å². The maximum Gasteiger partial charge on any atom is 0.321 e. The number of urea groups is 1. The monoisotopic (exact) mass is 267 g/mol. The van der Waals surface area contributed by atoms with E-state index in [1.165, 1.54) is 22.3 Å². The lowest BCUT2D eigenvalue weighted by Gasteiger charge is -2.10. The van der Waals surface area contributed by atoms with Gasteiger partial charge in [-0.15, -0.1) is 0 Å². The van der Waals surface area contributed by atoms with Crippen molar-refractivity contribution in [2.24, 2.45) is 7.05 Å². The van der Waals surface area contributed by atoms with E-state index in [-0.39, 0.29) is 6.54 Å². The third-order valence-corrected chi connectivity index (χ3v) is 3.02. The summed E-state index contributed by atoms with van der Waals surface area (Å²) >= 11 is 1.50. The van der Waals surface area contributed by atoms with Gasteiger partial charge in [-0.2, -0.15) is 21.4 Å². The molecule has 96 valence electrons. The van der Waals surface area contributed by atoms with Crippen molar-refractivity contribution in [3.05, 3.63) is 28.7 Å². The highest BCUT2D eigenvalue weighted by Crippen LogP contribution is 2.14. The third-order valence-electron chi connectivity index (χ3n) is 2.32. The van der Waals surface area contributed by atoms with Crippen LogP contribution in [-0.2, 0) is 7.05 Å². The fourth-order valence-corrected chi connectivity index (χ4v) is 2.03. The summed E-state index contributed by atoms with van der Waals surface area (Å²) in [6, 6.07) is 1.39. The Morgan fingerprint density at radius 3 is 3.11 bits per heavy atom. The van der Waals surface area contributed by atoms with Gasteiger partial charge in [0.2, 0.25) is 5.95 Å². The van der Waals surface area contributed by atoms with Gasteiger partial charge in [0.15, 0.2) is 0 Å². The number of hydrogen-bond acceptors (Lipinski definition) is 5. The summed E-state index contributed by atoms with van der Waals surface area (Å²) in [5, 5.41) is 22.4. The Labute approximate surface area is 107 Å². The van der Waals surface area contributed by atoms with Gasteiger partial charge in [-0.3, -0.25) is 5.32 Å².